The molecule has 0 radical (unpaired) electrons. The number of aliphatic imine (C=N–C) groups is 1. The van der Waals surface area contributed by atoms with Crippen LogP contribution >= 0.6 is 35.6 Å². The van der Waals surface area contributed by atoms with Gasteiger partial charge in [-0.05, 0) is 18.6 Å². The monoisotopic (exact) mass is 481 g/mol. The molecule has 9 heteroatoms. The lowest BCUT2D eigenvalue weighted by Crippen LogP contribution is -2.46. The maximum absolute atomic E-state index is 11.4. The van der Waals surface area contributed by atoms with Gasteiger partial charge in [-0.2, -0.15) is 0 Å². The standard InChI is InChI=1S/C16H24ClN5O2.HI/c1-11(15(23)24-3)9-20-16(18-2)21-12-6-8-22(10-12)14-13(17)5-4-7-19-14;/h4-5,7,11-12H,6,8-10H2,1-3H3,(H2,18,20,21);1H. The first kappa shape index (κ1) is 21.8. The number of methoxy groups -OCH3 is 1. The van der Waals surface area contributed by atoms with Crippen LogP contribution in [0.25, 0.3) is 0 Å². The summed E-state index contributed by atoms with van der Waals surface area (Å²) in [5.41, 5.74) is 0. The van der Waals surface area contributed by atoms with E-state index in [1.165, 1.54) is 7.11 Å². The molecule has 2 N–H and O–H groups in total. The fourth-order valence-corrected chi connectivity index (χ4v) is 2.84. The number of hydrogen-bond acceptors (Lipinski definition) is 5. The van der Waals surface area contributed by atoms with Crippen molar-refractivity contribution in [2.24, 2.45) is 10.9 Å². The Morgan fingerprint density at radius 1 is 1.60 bits per heavy atom. The summed E-state index contributed by atoms with van der Waals surface area (Å²) in [6.07, 6.45) is 2.71. The summed E-state index contributed by atoms with van der Waals surface area (Å²) in [5, 5.41) is 7.19. The normalized spacial score (nSPS) is 18.3. The van der Waals surface area contributed by atoms with Crippen LogP contribution in [0.4, 0.5) is 5.82 Å². The van der Waals surface area contributed by atoms with Crippen molar-refractivity contribution in [2.75, 3.05) is 38.7 Å². The number of anilines is 1. The molecule has 0 saturated carbocycles. The molecular weight excluding hydrogens is 457 g/mol. The lowest BCUT2D eigenvalue weighted by molar-refractivity contribution is -0.144. The number of nitrogens with one attached hydrogen (secondary N) is 2. The summed E-state index contributed by atoms with van der Waals surface area (Å²) in [5.74, 6) is 1.01. The van der Waals surface area contributed by atoms with E-state index in [-0.39, 0.29) is 41.9 Å². The molecule has 0 bridgehead atoms. The summed E-state index contributed by atoms with van der Waals surface area (Å²) in [7, 11) is 3.10. The predicted molar refractivity (Wildman–Crippen MR) is 111 cm³/mol. The average molecular weight is 482 g/mol. The van der Waals surface area contributed by atoms with Gasteiger partial charge in [0.25, 0.3) is 0 Å². The molecule has 0 aliphatic carbocycles. The Morgan fingerprint density at radius 2 is 2.36 bits per heavy atom. The molecule has 0 spiro atoms. The number of halogens is 2. The zero-order valence-electron chi connectivity index (χ0n) is 14.7. The predicted octanol–water partition coefficient (Wildman–Crippen LogP) is 1.91. The van der Waals surface area contributed by atoms with Crippen molar-refractivity contribution in [1.82, 2.24) is 15.6 Å². The van der Waals surface area contributed by atoms with E-state index in [1.807, 2.05) is 19.1 Å². The van der Waals surface area contributed by atoms with E-state index in [4.69, 9.17) is 16.3 Å². The summed E-state index contributed by atoms with van der Waals surface area (Å²) in [6.45, 7) is 3.95. The topological polar surface area (TPSA) is 78.8 Å². The number of pyridine rings is 1. The van der Waals surface area contributed by atoms with Gasteiger partial charge in [0.2, 0.25) is 0 Å². The number of esters is 1. The van der Waals surface area contributed by atoms with Gasteiger partial charge in [-0.25, -0.2) is 4.98 Å². The fourth-order valence-electron chi connectivity index (χ4n) is 2.60. The number of guanidine groups is 1. The number of hydrogen-bond donors (Lipinski definition) is 2. The minimum absolute atomic E-state index is 0. The van der Waals surface area contributed by atoms with E-state index >= 15 is 0 Å². The van der Waals surface area contributed by atoms with Crippen molar-refractivity contribution in [3.63, 3.8) is 0 Å². The molecular formula is C16H25ClIN5O2. The molecule has 1 aliphatic heterocycles. The van der Waals surface area contributed by atoms with Gasteiger partial charge in [-0.15, -0.1) is 24.0 Å². The van der Waals surface area contributed by atoms with Crippen molar-refractivity contribution in [2.45, 2.75) is 19.4 Å². The largest absolute Gasteiger partial charge is 0.469 e. The molecule has 2 heterocycles. The first-order valence-electron chi connectivity index (χ1n) is 7.95. The summed E-state index contributed by atoms with van der Waals surface area (Å²) < 4.78 is 4.72. The number of carbonyl (C=O) groups excluding carboxylic acids is 1. The molecule has 2 unspecified atom stereocenters. The second kappa shape index (κ2) is 10.6. The average Bonchev–Trinajstić information content (AvgIpc) is 3.06. The van der Waals surface area contributed by atoms with Crippen LogP contribution in [0, 0.1) is 5.92 Å². The Bertz CT molecular complexity index is 602. The molecule has 1 aromatic heterocycles. The number of ether oxygens (including phenoxy) is 1. The van der Waals surface area contributed by atoms with Crippen molar-refractivity contribution in [3.8, 4) is 0 Å². The third-order valence-electron chi connectivity index (χ3n) is 3.97. The highest BCUT2D eigenvalue weighted by Gasteiger charge is 2.25. The van der Waals surface area contributed by atoms with Gasteiger partial charge < -0.3 is 20.3 Å². The van der Waals surface area contributed by atoms with Crippen LogP contribution in [0.2, 0.25) is 5.02 Å². The molecule has 0 amide bonds. The maximum Gasteiger partial charge on any atom is 0.310 e. The Balaban J connectivity index is 0.00000312. The smallest absolute Gasteiger partial charge is 0.310 e. The molecule has 7 nitrogen and oxygen atoms in total. The molecule has 1 fully saturated rings. The minimum atomic E-state index is -0.241. The summed E-state index contributed by atoms with van der Waals surface area (Å²) in [6, 6.07) is 3.91. The molecule has 25 heavy (non-hydrogen) atoms. The third-order valence-corrected chi connectivity index (χ3v) is 4.27. The van der Waals surface area contributed by atoms with Crippen LogP contribution in [0.5, 0.6) is 0 Å². The van der Waals surface area contributed by atoms with Gasteiger partial charge in [-0.1, -0.05) is 18.5 Å². The van der Waals surface area contributed by atoms with Gasteiger partial charge in [0.15, 0.2) is 5.96 Å². The van der Waals surface area contributed by atoms with Gasteiger partial charge in [0.1, 0.15) is 5.82 Å². The first-order chi connectivity index (χ1) is 11.5. The van der Waals surface area contributed by atoms with E-state index in [9.17, 15) is 4.79 Å². The lowest BCUT2D eigenvalue weighted by atomic mass is 10.2. The van der Waals surface area contributed by atoms with Gasteiger partial charge in [0.05, 0.1) is 18.1 Å². The second-order valence-corrected chi connectivity index (χ2v) is 6.17. The molecule has 1 aliphatic rings. The molecule has 0 aromatic carbocycles. The molecule has 2 atom stereocenters. The van der Waals surface area contributed by atoms with Crippen LogP contribution in [-0.4, -0.2) is 56.7 Å². The minimum Gasteiger partial charge on any atom is -0.469 e. The van der Waals surface area contributed by atoms with Crippen molar-refractivity contribution >= 4 is 53.3 Å². The van der Waals surface area contributed by atoms with Crippen LogP contribution in [0.3, 0.4) is 0 Å². The lowest BCUT2D eigenvalue weighted by Gasteiger charge is -2.20. The van der Waals surface area contributed by atoms with E-state index in [0.29, 0.717) is 17.5 Å². The summed E-state index contributed by atoms with van der Waals surface area (Å²) >= 11 is 6.21. The SMILES string of the molecule is CN=C(NCC(C)C(=O)OC)NC1CCN(c2ncccc2Cl)C1.I. The van der Waals surface area contributed by atoms with Crippen molar-refractivity contribution in [3.05, 3.63) is 23.4 Å². The van der Waals surface area contributed by atoms with E-state index in [1.54, 1.807) is 13.2 Å². The molecule has 2 rings (SSSR count). The fraction of sp³-hybridized carbons (Fsp3) is 0.562. The van der Waals surface area contributed by atoms with E-state index < -0.39 is 0 Å². The van der Waals surface area contributed by atoms with Crippen LogP contribution in [0.1, 0.15) is 13.3 Å². The second-order valence-electron chi connectivity index (χ2n) is 5.76. The maximum atomic E-state index is 11.4. The molecule has 1 aromatic rings. The Labute approximate surface area is 170 Å². The zero-order valence-corrected chi connectivity index (χ0v) is 17.7. The van der Waals surface area contributed by atoms with Gasteiger partial charge in [-0.3, -0.25) is 9.79 Å². The first-order valence-corrected chi connectivity index (χ1v) is 8.33. The third kappa shape index (κ3) is 6.18. The van der Waals surface area contributed by atoms with E-state index in [0.717, 1.165) is 25.3 Å². The van der Waals surface area contributed by atoms with Crippen LogP contribution in [-0.2, 0) is 9.53 Å². The number of carbonyl (C=O) groups is 1. The number of nitrogens with zero attached hydrogens (tertiary/aromatic N) is 3. The van der Waals surface area contributed by atoms with E-state index in [2.05, 4.69) is 25.5 Å². The van der Waals surface area contributed by atoms with Crippen molar-refractivity contribution in [1.29, 1.82) is 0 Å². The zero-order chi connectivity index (χ0) is 17.5. The quantitative estimate of drug-likeness (QED) is 0.289. The Hall–Kier alpha value is -1.29. The van der Waals surface area contributed by atoms with Gasteiger partial charge in [0, 0.05) is 38.9 Å². The van der Waals surface area contributed by atoms with Gasteiger partial charge >= 0.3 is 5.97 Å². The molecule has 1 saturated heterocycles. The highest BCUT2D eigenvalue weighted by Crippen LogP contribution is 2.25. The summed E-state index contributed by atoms with van der Waals surface area (Å²) in [4.78, 5) is 22.2. The number of aromatic nitrogens is 1. The van der Waals surface area contributed by atoms with Crippen LogP contribution in [0.15, 0.2) is 23.3 Å². The van der Waals surface area contributed by atoms with Crippen LogP contribution < -0.4 is 15.5 Å². The Kier molecular flexibility index (Phi) is 9.26. The highest BCUT2D eigenvalue weighted by molar-refractivity contribution is 14.0. The number of rotatable bonds is 5. The van der Waals surface area contributed by atoms with Crippen molar-refractivity contribution < 1.29 is 9.53 Å². The molecule has 140 valence electrons. The Morgan fingerprint density at radius 3 is 3.00 bits per heavy atom. The highest BCUT2D eigenvalue weighted by atomic mass is 127.